The van der Waals surface area contributed by atoms with Crippen molar-refractivity contribution in [1.82, 2.24) is 9.47 Å². The van der Waals surface area contributed by atoms with Crippen molar-refractivity contribution in [3.8, 4) is 0 Å². The highest BCUT2D eigenvalue weighted by atomic mass is 16.5. The number of ketones is 1. The topological polar surface area (TPSA) is 68.6 Å². The molecule has 0 radical (unpaired) electrons. The molecule has 0 bridgehead atoms. The Morgan fingerprint density at radius 2 is 1.63 bits per heavy atom. The minimum atomic E-state index is -0.686. The van der Waals surface area contributed by atoms with Crippen molar-refractivity contribution in [2.24, 2.45) is 7.05 Å². The predicted octanol–water partition coefficient (Wildman–Crippen LogP) is 4.11. The van der Waals surface area contributed by atoms with Gasteiger partial charge in [0.15, 0.2) is 5.78 Å². The summed E-state index contributed by atoms with van der Waals surface area (Å²) in [7, 11) is 3.05. The first kappa shape index (κ1) is 23.4. The molecule has 0 spiro atoms. The number of amides is 1. The molecule has 6 nitrogen and oxygen atoms in total. The van der Waals surface area contributed by atoms with Gasteiger partial charge in [0.25, 0.3) is 5.91 Å². The van der Waals surface area contributed by atoms with Crippen molar-refractivity contribution in [3.05, 3.63) is 57.9 Å². The largest absolute Gasteiger partial charge is 0.464 e. The molecule has 0 N–H and O–H groups in total. The molecule has 30 heavy (non-hydrogen) atoms. The summed E-state index contributed by atoms with van der Waals surface area (Å²) in [6.07, 6.45) is 0.895. The van der Waals surface area contributed by atoms with Crippen LogP contribution in [0.3, 0.4) is 0 Å². The number of hydrogen-bond acceptors (Lipinski definition) is 4. The van der Waals surface area contributed by atoms with Gasteiger partial charge < -0.3 is 14.2 Å². The van der Waals surface area contributed by atoms with E-state index >= 15 is 0 Å². The average molecular weight is 413 g/mol. The fourth-order valence-electron chi connectivity index (χ4n) is 3.95. The third-order valence-corrected chi connectivity index (χ3v) is 5.75. The Labute approximate surface area is 178 Å². The Kier molecular flexibility index (Phi) is 7.24. The van der Waals surface area contributed by atoms with E-state index in [1.54, 1.807) is 37.3 Å². The van der Waals surface area contributed by atoms with Crippen LogP contribution >= 0.6 is 0 Å². The molecule has 0 fully saturated rings. The van der Waals surface area contributed by atoms with Crippen LogP contribution in [0.2, 0.25) is 0 Å². The van der Waals surface area contributed by atoms with Gasteiger partial charge >= 0.3 is 5.97 Å². The van der Waals surface area contributed by atoms with Crippen molar-refractivity contribution in [2.45, 2.75) is 60.0 Å². The molecule has 1 heterocycles. The van der Waals surface area contributed by atoms with Gasteiger partial charge in [-0.1, -0.05) is 19.1 Å². The highest BCUT2D eigenvalue weighted by Crippen LogP contribution is 2.26. The molecular formula is C24H32N2O4. The van der Waals surface area contributed by atoms with E-state index in [1.165, 1.54) is 7.11 Å². The summed E-state index contributed by atoms with van der Waals surface area (Å²) in [5, 5.41) is 0. The van der Waals surface area contributed by atoms with Crippen molar-refractivity contribution in [2.75, 3.05) is 7.11 Å². The Bertz CT molecular complexity index is 955. The van der Waals surface area contributed by atoms with Gasteiger partial charge in [-0.05, 0) is 64.3 Å². The van der Waals surface area contributed by atoms with Crippen LogP contribution in [0.25, 0.3) is 0 Å². The Hall–Kier alpha value is -2.89. The summed E-state index contributed by atoms with van der Waals surface area (Å²) in [5.41, 5.74) is 3.76. The number of esters is 1. The maximum Gasteiger partial charge on any atom is 0.354 e. The third-order valence-electron chi connectivity index (χ3n) is 5.75. The zero-order chi connectivity index (χ0) is 22.7. The molecule has 0 saturated carbocycles. The molecule has 0 saturated heterocycles. The second kappa shape index (κ2) is 9.28. The summed E-state index contributed by atoms with van der Waals surface area (Å²) in [5.74, 6) is -0.867. The summed E-state index contributed by atoms with van der Waals surface area (Å²) >= 11 is 0. The van der Waals surface area contributed by atoms with E-state index in [9.17, 15) is 14.4 Å². The monoisotopic (exact) mass is 412 g/mol. The molecule has 0 aliphatic carbocycles. The zero-order valence-corrected chi connectivity index (χ0v) is 19.2. The van der Waals surface area contributed by atoms with Crippen LogP contribution in [0, 0.1) is 13.8 Å². The summed E-state index contributed by atoms with van der Waals surface area (Å²) < 4.78 is 6.54. The van der Waals surface area contributed by atoms with Crippen molar-refractivity contribution in [1.29, 1.82) is 0 Å². The zero-order valence-electron chi connectivity index (χ0n) is 19.2. The first-order chi connectivity index (χ1) is 14.1. The second-order valence-corrected chi connectivity index (χ2v) is 7.88. The number of nitrogens with zero attached hydrogens (tertiary/aromatic N) is 2. The number of Topliss-reactive ketones (excluding diaryl/α,β-unsaturated/α-hetero) is 1. The highest BCUT2D eigenvalue weighted by molar-refractivity contribution is 6.07. The number of methoxy groups -OCH3 is 1. The highest BCUT2D eigenvalue weighted by Gasteiger charge is 2.33. The van der Waals surface area contributed by atoms with Crippen molar-refractivity contribution < 1.29 is 19.1 Å². The second-order valence-electron chi connectivity index (χ2n) is 7.88. The number of rotatable bonds is 7. The third kappa shape index (κ3) is 4.18. The van der Waals surface area contributed by atoms with E-state index in [-0.39, 0.29) is 17.7 Å². The normalized spacial score (nSPS) is 12.0. The number of hydrogen-bond donors (Lipinski definition) is 0. The standard InChI is InChI=1S/C24H32N2O4/c1-9-18-10-12-19(13-11-18)23(28)26(14(2)3)17(6)22(27)20-15(4)21(24(29)30-8)25(7)16(20)5/h10-14,17H,9H2,1-8H3/t17-/m1/s1. The van der Waals surface area contributed by atoms with Crippen LogP contribution in [0.1, 0.15) is 75.7 Å². The van der Waals surface area contributed by atoms with E-state index in [1.807, 2.05) is 38.1 Å². The van der Waals surface area contributed by atoms with Crippen molar-refractivity contribution in [3.63, 3.8) is 0 Å². The summed E-state index contributed by atoms with van der Waals surface area (Å²) in [6.45, 7) is 11.1. The molecule has 0 aliphatic heterocycles. The molecule has 0 unspecified atom stereocenters. The number of carbonyl (C=O) groups is 3. The molecule has 0 aliphatic rings. The van der Waals surface area contributed by atoms with Gasteiger partial charge in [0.2, 0.25) is 0 Å². The Morgan fingerprint density at radius 1 is 1.07 bits per heavy atom. The number of aromatic nitrogens is 1. The smallest absolute Gasteiger partial charge is 0.354 e. The summed E-state index contributed by atoms with van der Waals surface area (Å²) in [4.78, 5) is 40.5. The van der Waals surface area contributed by atoms with Gasteiger partial charge in [0.1, 0.15) is 5.69 Å². The van der Waals surface area contributed by atoms with E-state index in [0.29, 0.717) is 28.1 Å². The van der Waals surface area contributed by atoms with Crippen LogP contribution in [0.5, 0.6) is 0 Å². The number of carbonyl (C=O) groups excluding carboxylic acids is 3. The predicted molar refractivity (Wildman–Crippen MR) is 117 cm³/mol. The lowest BCUT2D eigenvalue weighted by Crippen LogP contribution is -2.47. The SMILES string of the molecule is CCc1ccc(C(=O)N(C(C)C)[C@H](C)C(=O)c2c(C)c(C(=O)OC)n(C)c2C)cc1. The molecule has 1 amide bonds. The molecule has 6 heteroatoms. The van der Waals surface area contributed by atoms with Gasteiger partial charge in [0, 0.05) is 29.9 Å². The van der Waals surface area contributed by atoms with Gasteiger partial charge in [-0.3, -0.25) is 9.59 Å². The van der Waals surface area contributed by atoms with E-state index in [4.69, 9.17) is 4.74 Å². The van der Waals surface area contributed by atoms with E-state index in [2.05, 4.69) is 6.92 Å². The Balaban J connectivity index is 2.45. The lowest BCUT2D eigenvalue weighted by atomic mass is 9.98. The molecule has 1 aromatic heterocycles. The molecular weight excluding hydrogens is 380 g/mol. The van der Waals surface area contributed by atoms with Gasteiger partial charge in [-0.2, -0.15) is 0 Å². The minimum absolute atomic E-state index is 0.174. The lowest BCUT2D eigenvalue weighted by Gasteiger charge is -2.32. The van der Waals surface area contributed by atoms with E-state index < -0.39 is 12.0 Å². The maximum absolute atomic E-state index is 13.5. The van der Waals surface area contributed by atoms with Crippen LogP contribution in [-0.4, -0.2) is 46.3 Å². The summed E-state index contributed by atoms with van der Waals surface area (Å²) in [6, 6.07) is 6.63. The molecule has 1 aromatic carbocycles. The fraction of sp³-hybridized carbons (Fsp3) is 0.458. The van der Waals surface area contributed by atoms with Gasteiger partial charge in [-0.25, -0.2) is 4.79 Å². The van der Waals surface area contributed by atoms with Gasteiger partial charge in [0.05, 0.1) is 13.2 Å². The van der Waals surface area contributed by atoms with Crippen molar-refractivity contribution >= 4 is 17.7 Å². The average Bonchev–Trinajstić information content (AvgIpc) is 2.95. The number of ether oxygens (including phenoxy) is 1. The van der Waals surface area contributed by atoms with Gasteiger partial charge in [-0.15, -0.1) is 0 Å². The Morgan fingerprint density at radius 3 is 2.10 bits per heavy atom. The van der Waals surface area contributed by atoms with Crippen LogP contribution in [-0.2, 0) is 18.2 Å². The van der Waals surface area contributed by atoms with Crippen LogP contribution in [0.4, 0.5) is 0 Å². The first-order valence-corrected chi connectivity index (χ1v) is 10.3. The molecule has 2 aromatic rings. The van der Waals surface area contributed by atoms with E-state index in [0.717, 1.165) is 12.0 Å². The first-order valence-electron chi connectivity index (χ1n) is 10.3. The maximum atomic E-state index is 13.5. The quantitative estimate of drug-likeness (QED) is 0.507. The lowest BCUT2D eigenvalue weighted by molar-refractivity contribution is 0.0565. The fourth-order valence-corrected chi connectivity index (χ4v) is 3.95. The minimum Gasteiger partial charge on any atom is -0.464 e. The molecule has 162 valence electrons. The molecule has 1 atom stereocenters. The van der Waals surface area contributed by atoms with Crippen LogP contribution < -0.4 is 0 Å². The number of benzene rings is 1. The molecule has 2 rings (SSSR count). The number of aryl methyl sites for hydroxylation is 1. The van der Waals surface area contributed by atoms with Crippen LogP contribution in [0.15, 0.2) is 24.3 Å².